The van der Waals surface area contributed by atoms with Gasteiger partial charge in [0.25, 0.3) is 0 Å². The smallest absolute Gasteiger partial charge is 0.0441 e. The standard InChI is InChI=1S/C15H21Cl/c1-3-12-7-8-15(16)14(10-12)13-6-4-5-11(2)9-13/h7-8,10-11,13H,3-6,9H2,1-2H3. The average Bonchev–Trinajstić information content (AvgIpc) is 2.30. The highest BCUT2D eigenvalue weighted by Gasteiger charge is 2.22. The lowest BCUT2D eigenvalue weighted by molar-refractivity contribution is 0.344. The zero-order valence-corrected chi connectivity index (χ0v) is 11.1. The van der Waals surface area contributed by atoms with E-state index in [9.17, 15) is 0 Å². The van der Waals surface area contributed by atoms with Crippen LogP contribution in [0.4, 0.5) is 0 Å². The zero-order chi connectivity index (χ0) is 11.5. The highest BCUT2D eigenvalue weighted by Crippen LogP contribution is 2.39. The Bertz CT molecular complexity index is 356. The van der Waals surface area contributed by atoms with Crippen LogP contribution in [-0.4, -0.2) is 0 Å². The molecule has 1 aliphatic carbocycles. The lowest BCUT2D eigenvalue weighted by atomic mass is 9.78. The van der Waals surface area contributed by atoms with Crippen molar-refractivity contribution in [2.75, 3.05) is 0 Å². The molecular weight excluding hydrogens is 216 g/mol. The first-order valence-electron chi connectivity index (χ1n) is 6.49. The maximum Gasteiger partial charge on any atom is 0.0441 e. The molecule has 2 unspecified atom stereocenters. The molecule has 0 aromatic heterocycles. The van der Waals surface area contributed by atoms with Gasteiger partial charge >= 0.3 is 0 Å². The molecule has 0 N–H and O–H groups in total. The Morgan fingerprint density at radius 3 is 2.81 bits per heavy atom. The van der Waals surface area contributed by atoms with Crippen molar-refractivity contribution in [3.05, 3.63) is 34.3 Å². The molecule has 88 valence electrons. The molecule has 1 saturated carbocycles. The van der Waals surface area contributed by atoms with Crippen LogP contribution in [0.15, 0.2) is 18.2 Å². The van der Waals surface area contributed by atoms with E-state index in [0.717, 1.165) is 17.4 Å². The van der Waals surface area contributed by atoms with Crippen LogP contribution in [0.1, 0.15) is 56.6 Å². The summed E-state index contributed by atoms with van der Waals surface area (Å²) in [6, 6.07) is 6.55. The van der Waals surface area contributed by atoms with E-state index in [0.29, 0.717) is 5.92 Å². The highest BCUT2D eigenvalue weighted by atomic mass is 35.5. The van der Waals surface area contributed by atoms with E-state index in [4.69, 9.17) is 11.6 Å². The third-order valence-electron chi connectivity index (χ3n) is 3.84. The Balaban J connectivity index is 2.24. The molecule has 0 saturated heterocycles. The molecule has 1 aromatic carbocycles. The van der Waals surface area contributed by atoms with Crippen LogP contribution in [0.5, 0.6) is 0 Å². The Morgan fingerprint density at radius 2 is 2.12 bits per heavy atom. The summed E-state index contributed by atoms with van der Waals surface area (Å²) in [6.07, 6.45) is 6.48. The molecule has 0 aliphatic heterocycles. The first kappa shape index (κ1) is 12.0. The summed E-state index contributed by atoms with van der Waals surface area (Å²) in [5.41, 5.74) is 2.81. The normalized spacial score (nSPS) is 25.7. The number of hydrogen-bond donors (Lipinski definition) is 0. The third kappa shape index (κ3) is 2.60. The Morgan fingerprint density at radius 1 is 1.31 bits per heavy atom. The minimum absolute atomic E-state index is 0.697. The predicted molar refractivity (Wildman–Crippen MR) is 71.2 cm³/mol. The molecule has 0 bridgehead atoms. The summed E-state index contributed by atoms with van der Waals surface area (Å²) < 4.78 is 0. The van der Waals surface area contributed by atoms with Crippen LogP contribution in [0.2, 0.25) is 5.02 Å². The van der Waals surface area contributed by atoms with Gasteiger partial charge < -0.3 is 0 Å². The van der Waals surface area contributed by atoms with E-state index in [-0.39, 0.29) is 0 Å². The maximum absolute atomic E-state index is 6.33. The molecule has 2 rings (SSSR count). The van der Waals surface area contributed by atoms with Crippen molar-refractivity contribution in [2.45, 2.75) is 51.9 Å². The quantitative estimate of drug-likeness (QED) is 0.663. The first-order valence-corrected chi connectivity index (χ1v) is 6.86. The van der Waals surface area contributed by atoms with Gasteiger partial charge in [0, 0.05) is 5.02 Å². The molecule has 1 heteroatoms. The lowest BCUT2D eigenvalue weighted by Gasteiger charge is -2.28. The van der Waals surface area contributed by atoms with E-state index in [1.54, 1.807) is 0 Å². The van der Waals surface area contributed by atoms with E-state index in [1.807, 2.05) is 0 Å². The van der Waals surface area contributed by atoms with Crippen molar-refractivity contribution in [1.29, 1.82) is 0 Å². The summed E-state index contributed by atoms with van der Waals surface area (Å²) in [7, 11) is 0. The van der Waals surface area contributed by atoms with Crippen molar-refractivity contribution in [1.82, 2.24) is 0 Å². The van der Waals surface area contributed by atoms with E-state index in [2.05, 4.69) is 32.0 Å². The van der Waals surface area contributed by atoms with Crippen LogP contribution < -0.4 is 0 Å². The minimum atomic E-state index is 0.697. The minimum Gasteiger partial charge on any atom is -0.0840 e. The van der Waals surface area contributed by atoms with E-state index in [1.165, 1.54) is 36.8 Å². The van der Waals surface area contributed by atoms with Gasteiger partial charge in [-0.1, -0.05) is 50.4 Å². The summed E-state index contributed by atoms with van der Waals surface area (Å²) in [5.74, 6) is 1.56. The van der Waals surface area contributed by atoms with Crippen molar-refractivity contribution in [3.8, 4) is 0 Å². The van der Waals surface area contributed by atoms with Crippen molar-refractivity contribution >= 4 is 11.6 Å². The van der Waals surface area contributed by atoms with Crippen LogP contribution in [0, 0.1) is 5.92 Å². The summed E-state index contributed by atoms with van der Waals surface area (Å²) in [5, 5.41) is 0.969. The fourth-order valence-corrected chi connectivity index (χ4v) is 3.11. The predicted octanol–water partition coefficient (Wildman–Crippen LogP) is 5.20. The summed E-state index contributed by atoms with van der Waals surface area (Å²) in [6.45, 7) is 4.57. The summed E-state index contributed by atoms with van der Waals surface area (Å²) in [4.78, 5) is 0. The monoisotopic (exact) mass is 236 g/mol. The van der Waals surface area contributed by atoms with Crippen molar-refractivity contribution in [3.63, 3.8) is 0 Å². The average molecular weight is 237 g/mol. The van der Waals surface area contributed by atoms with Crippen LogP contribution in [0.3, 0.4) is 0 Å². The molecule has 0 nitrogen and oxygen atoms in total. The van der Waals surface area contributed by atoms with Gasteiger partial charge in [0.05, 0.1) is 0 Å². The van der Waals surface area contributed by atoms with Crippen LogP contribution in [0.25, 0.3) is 0 Å². The Hall–Kier alpha value is -0.490. The number of aryl methyl sites for hydroxylation is 1. The zero-order valence-electron chi connectivity index (χ0n) is 10.3. The van der Waals surface area contributed by atoms with Gasteiger partial charge in [0.2, 0.25) is 0 Å². The third-order valence-corrected chi connectivity index (χ3v) is 4.19. The van der Waals surface area contributed by atoms with Gasteiger partial charge in [-0.05, 0) is 48.3 Å². The van der Waals surface area contributed by atoms with E-state index < -0.39 is 0 Å². The van der Waals surface area contributed by atoms with Crippen molar-refractivity contribution < 1.29 is 0 Å². The Kier molecular flexibility index (Phi) is 3.91. The van der Waals surface area contributed by atoms with Gasteiger partial charge in [0.1, 0.15) is 0 Å². The topological polar surface area (TPSA) is 0 Å². The second-order valence-electron chi connectivity index (χ2n) is 5.18. The second-order valence-corrected chi connectivity index (χ2v) is 5.59. The largest absolute Gasteiger partial charge is 0.0840 e. The summed E-state index contributed by atoms with van der Waals surface area (Å²) >= 11 is 6.33. The molecule has 1 aromatic rings. The Labute approximate surface area is 104 Å². The van der Waals surface area contributed by atoms with Gasteiger partial charge in [-0.3, -0.25) is 0 Å². The van der Waals surface area contributed by atoms with Gasteiger partial charge in [-0.25, -0.2) is 0 Å². The SMILES string of the molecule is CCc1ccc(Cl)c(C2CCCC(C)C2)c1. The number of halogens is 1. The molecule has 0 heterocycles. The highest BCUT2D eigenvalue weighted by molar-refractivity contribution is 6.31. The van der Waals surface area contributed by atoms with Gasteiger partial charge in [-0.15, -0.1) is 0 Å². The fourth-order valence-electron chi connectivity index (χ4n) is 2.84. The van der Waals surface area contributed by atoms with Gasteiger partial charge in [0.15, 0.2) is 0 Å². The molecule has 1 aliphatic rings. The molecular formula is C15H21Cl. The van der Waals surface area contributed by atoms with Crippen LogP contribution >= 0.6 is 11.6 Å². The number of rotatable bonds is 2. The first-order chi connectivity index (χ1) is 7.70. The second kappa shape index (κ2) is 5.23. The number of benzene rings is 1. The molecule has 0 amide bonds. The molecule has 1 fully saturated rings. The molecule has 2 atom stereocenters. The fraction of sp³-hybridized carbons (Fsp3) is 0.600. The maximum atomic E-state index is 6.33. The van der Waals surface area contributed by atoms with Crippen molar-refractivity contribution in [2.24, 2.45) is 5.92 Å². The van der Waals surface area contributed by atoms with E-state index >= 15 is 0 Å². The van der Waals surface area contributed by atoms with Gasteiger partial charge in [-0.2, -0.15) is 0 Å². The molecule has 0 spiro atoms. The lowest BCUT2D eigenvalue weighted by Crippen LogP contribution is -2.12. The van der Waals surface area contributed by atoms with Crippen LogP contribution in [-0.2, 0) is 6.42 Å². The molecule has 16 heavy (non-hydrogen) atoms. The number of hydrogen-bond acceptors (Lipinski definition) is 0. The molecule has 0 radical (unpaired) electrons.